The van der Waals surface area contributed by atoms with Gasteiger partial charge in [-0.2, -0.15) is 0 Å². The van der Waals surface area contributed by atoms with Crippen LogP contribution in [0.5, 0.6) is 0 Å². The number of likely N-dealkylation sites (N-methyl/N-ethyl adjacent to an activating group) is 1. The smallest absolute Gasteiger partial charge is 0.236 e. The zero-order valence-electron chi connectivity index (χ0n) is 14.7. The third-order valence-electron chi connectivity index (χ3n) is 4.46. The van der Waals surface area contributed by atoms with Crippen molar-refractivity contribution >= 4 is 15.9 Å². The van der Waals surface area contributed by atoms with E-state index in [0.29, 0.717) is 12.1 Å². The van der Waals surface area contributed by atoms with Crippen molar-refractivity contribution < 1.29 is 17.6 Å². The van der Waals surface area contributed by atoms with E-state index in [0.717, 1.165) is 32.1 Å². The second-order valence-electron chi connectivity index (χ2n) is 6.58. The van der Waals surface area contributed by atoms with Gasteiger partial charge in [0, 0.05) is 31.7 Å². The number of nitrogens with zero attached hydrogens (tertiary/aromatic N) is 2. The summed E-state index contributed by atoms with van der Waals surface area (Å²) in [6.45, 7) is 1.49. The molecule has 25 heavy (non-hydrogen) atoms. The quantitative estimate of drug-likeness (QED) is 0.782. The molecule has 1 unspecified atom stereocenters. The maximum absolute atomic E-state index is 13.7. The van der Waals surface area contributed by atoms with Crippen LogP contribution in [0.25, 0.3) is 0 Å². The van der Waals surface area contributed by atoms with Gasteiger partial charge in [-0.15, -0.1) is 0 Å². The lowest BCUT2D eigenvalue weighted by molar-refractivity contribution is -0.132. The monoisotopic (exact) mass is 371 g/mol. The predicted molar refractivity (Wildman–Crippen MR) is 94.9 cm³/mol. The van der Waals surface area contributed by atoms with Crippen molar-refractivity contribution in [3.8, 4) is 0 Å². The van der Waals surface area contributed by atoms with Crippen LogP contribution in [0, 0.1) is 5.82 Å². The summed E-state index contributed by atoms with van der Waals surface area (Å²) in [5.41, 5.74) is 0.479. The third kappa shape index (κ3) is 6.37. The molecule has 8 heteroatoms. The summed E-state index contributed by atoms with van der Waals surface area (Å²) in [6, 6.07) is 6.42. The molecule has 1 N–H and O–H groups in total. The van der Waals surface area contributed by atoms with E-state index < -0.39 is 10.0 Å². The Kier molecular flexibility index (Phi) is 6.92. The summed E-state index contributed by atoms with van der Waals surface area (Å²) in [5, 5.41) is 0. The largest absolute Gasteiger partial charge is 0.340 e. The molecule has 1 heterocycles. The van der Waals surface area contributed by atoms with Crippen LogP contribution in [-0.4, -0.2) is 63.1 Å². The number of halogens is 1. The van der Waals surface area contributed by atoms with Crippen LogP contribution < -0.4 is 4.72 Å². The van der Waals surface area contributed by atoms with Crippen molar-refractivity contribution in [2.45, 2.75) is 31.8 Å². The molecule has 6 nitrogen and oxygen atoms in total. The Bertz CT molecular complexity index is 696. The Morgan fingerprint density at radius 2 is 2.08 bits per heavy atom. The number of nitrogens with one attached hydrogen (secondary N) is 1. The van der Waals surface area contributed by atoms with Crippen molar-refractivity contribution in [1.82, 2.24) is 14.5 Å². The van der Waals surface area contributed by atoms with Crippen LogP contribution in [-0.2, 0) is 21.4 Å². The van der Waals surface area contributed by atoms with E-state index in [1.807, 2.05) is 4.90 Å². The lowest BCUT2D eigenvalue weighted by Crippen LogP contribution is -2.50. The van der Waals surface area contributed by atoms with E-state index in [1.165, 1.54) is 11.0 Å². The molecule has 1 aromatic rings. The van der Waals surface area contributed by atoms with E-state index >= 15 is 0 Å². The van der Waals surface area contributed by atoms with E-state index in [2.05, 4.69) is 4.72 Å². The molecule has 1 aromatic carbocycles. The summed E-state index contributed by atoms with van der Waals surface area (Å²) in [6.07, 6.45) is 3.99. The highest BCUT2D eigenvalue weighted by atomic mass is 32.2. The number of hydrogen-bond donors (Lipinski definition) is 1. The second kappa shape index (κ2) is 8.73. The van der Waals surface area contributed by atoms with Crippen molar-refractivity contribution in [3.05, 3.63) is 35.6 Å². The summed E-state index contributed by atoms with van der Waals surface area (Å²) < 4.78 is 38.9. The Hall–Kier alpha value is -1.51. The molecule has 2 rings (SSSR count). The Morgan fingerprint density at radius 3 is 2.76 bits per heavy atom. The SMILES string of the molecule is CN(Cc1ccccc1F)C(=O)CN1CCCCC1CNS(C)(=O)=O. The van der Waals surface area contributed by atoms with Gasteiger partial charge in [0.05, 0.1) is 12.8 Å². The van der Waals surface area contributed by atoms with E-state index in [1.54, 1.807) is 25.2 Å². The summed E-state index contributed by atoms with van der Waals surface area (Å²) in [5.74, 6) is -0.426. The molecule has 0 radical (unpaired) electrons. The lowest BCUT2D eigenvalue weighted by atomic mass is 10.0. The van der Waals surface area contributed by atoms with Crippen LogP contribution in [0.15, 0.2) is 24.3 Å². The highest BCUT2D eigenvalue weighted by molar-refractivity contribution is 7.88. The zero-order valence-corrected chi connectivity index (χ0v) is 15.6. The van der Waals surface area contributed by atoms with Crippen LogP contribution in [0.3, 0.4) is 0 Å². The van der Waals surface area contributed by atoms with Crippen molar-refractivity contribution in [1.29, 1.82) is 0 Å². The number of carbonyl (C=O) groups is 1. The van der Waals surface area contributed by atoms with Crippen LogP contribution >= 0.6 is 0 Å². The van der Waals surface area contributed by atoms with Crippen LogP contribution in [0.2, 0.25) is 0 Å². The number of carbonyl (C=O) groups excluding carboxylic acids is 1. The number of rotatable bonds is 7. The van der Waals surface area contributed by atoms with Gasteiger partial charge in [-0.1, -0.05) is 24.6 Å². The highest BCUT2D eigenvalue weighted by Crippen LogP contribution is 2.17. The number of benzene rings is 1. The Labute approximate surface area is 149 Å². The summed E-state index contributed by atoms with van der Waals surface area (Å²) in [4.78, 5) is 16.0. The minimum absolute atomic E-state index is 0.00860. The molecule has 0 bridgehead atoms. The molecule has 0 saturated carbocycles. The minimum Gasteiger partial charge on any atom is -0.340 e. The number of hydrogen-bond acceptors (Lipinski definition) is 4. The number of piperidine rings is 1. The van der Waals surface area contributed by atoms with Gasteiger partial charge in [0.25, 0.3) is 0 Å². The summed E-state index contributed by atoms with van der Waals surface area (Å²) >= 11 is 0. The first-order valence-electron chi connectivity index (χ1n) is 8.42. The fourth-order valence-corrected chi connectivity index (χ4v) is 3.51. The molecule has 0 aromatic heterocycles. The van der Waals surface area contributed by atoms with E-state index in [4.69, 9.17) is 0 Å². The number of amides is 1. The minimum atomic E-state index is -3.25. The highest BCUT2D eigenvalue weighted by Gasteiger charge is 2.26. The van der Waals surface area contributed by atoms with Gasteiger partial charge in [-0.25, -0.2) is 17.5 Å². The molecule has 1 aliphatic heterocycles. The molecule has 1 fully saturated rings. The lowest BCUT2D eigenvalue weighted by Gasteiger charge is -2.36. The van der Waals surface area contributed by atoms with Gasteiger partial charge in [0.2, 0.25) is 15.9 Å². The number of sulfonamides is 1. The molecular weight excluding hydrogens is 345 g/mol. The standard InChI is InChI=1S/C17H26FN3O3S/c1-20(12-14-7-3-4-9-16(14)18)17(22)13-21-10-6-5-8-15(21)11-19-25(2,23)24/h3-4,7,9,15,19H,5-6,8,10-13H2,1-2H3. The second-order valence-corrected chi connectivity index (χ2v) is 8.41. The summed E-state index contributed by atoms with van der Waals surface area (Å²) in [7, 11) is -1.60. The van der Waals surface area contributed by atoms with Gasteiger partial charge < -0.3 is 4.90 Å². The van der Waals surface area contributed by atoms with Gasteiger partial charge in [-0.3, -0.25) is 9.69 Å². The fraction of sp³-hybridized carbons (Fsp3) is 0.588. The first kappa shape index (κ1) is 19.8. The molecule has 0 spiro atoms. The predicted octanol–water partition coefficient (Wildman–Crippen LogP) is 1.19. The molecule has 1 atom stereocenters. The first-order chi connectivity index (χ1) is 11.8. The normalized spacial score (nSPS) is 18.9. The molecule has 1 amide bonds. The molecule has 0 aliphatic carbocycles. The molecule has 1 aliphatic rings. The maximum atomic E-state index is 13.7. The first-order valence-corrected chi connectivity index (χ1v) is 10.3. The van der Waals surface area contributed by atoms with Crippen LogP contribution in [0.4, 0.5) is 4.39 Å². The fourth-order valence-electron chi connectivity index (χ4n) is 3.01. The molecule has 1 saturated heterocycles. The van der Waals surface area contributed by atoms with Gasteiger partial charge >= 0.3 is 0 Å². The third-order valence-corrected chi connectivity index (χ3v) is 5.15. The van der Waals surface area contributed by atoms with Gasteiger partial charge in [-0.05, 0) is 25.5 Å². The molecule has 140 valence electrons. The topological polar surface area (TPSA) is 69.7 Å². The number of likely N-dealkylation sites (tertiary alicyclic amines) is 1. The van der Waals surface area contributed by atoms with Gasteiger partial charge in [0.1, 0.15) is 5.82 Å². The molecular formula is C17H26FN3O3S. The average Bonchev–Trinajstić information content (AvgIpc) is 2.55. The Morgan fingerprint density at radius 1 is 1.36 bits per heavy atom. The van der Waals surface area contributed by atoms with Crippen molar-refractivity contribution in [3.63, 3.8) is 0 Å². The van der Waals surface area contributed by atoms with Crippen LogP contribution in [0.1, 0.15) is 24.8 Å². The van der Waals surface area contributed by atoms with E-state index in [9.17, 15) is 17.6 Å². The zero-order chi connectivity index (χ0) is 18.4. The Balaban J connectivity index is 1.93. The maximum Gasteiger partial charge on any atom is 0.236 e. The average molecular weight is 371 g/mol. The van der Waals surface area contributed by atoms with Crippen molar-refractivity contribution in [2.75, 3.05) is 32.9 Å². The van der Waals surface area contributed by atoms with E-state index in [-0.39, 0.29) is 30.9 Å². The van der Waals surface area contributed by atoms with Crippen molar-refractivity contribution in [2.24, 2.45) is 0 Å². The van der Waals surface area contributed by atoms with Gasteiger partial charge in [0.15, 0.2) is 0 Å².